The highest BCUT2D eigenvalue weighted by Gasteiger charge is 2.23. The fourth-order valence-electron chi connectivity index (χ4n) is 3.02. The van der Waals surface area contributed by atoms with E-state index in [-0.39, 0.29) is 44.8 Å². The number of rotatable bonds is 6. The Bertz CT molecular complexity index is 610. The van der Waals surface area contributed by atoms with E-state index in [0.29, 0.717) is 37.8 Å². The molecule has 1 aromatic heterocycles. The van der Waals surface area contributed by atoms with Gasteiger partial charge in [-0.15, -0.1) is 0 Å². The highest BCUT2D eigenvalue weighted by molar-refractivity contribution is 5.96. The molecule has 0 bridgehead atoms. The topological polar surface area (TPSA) is 106 Å². The molecule has 1 saturated heterocycles. The van der Waals surface area contributed by atoms with E-state index in [4.69, 9.17) is 9.47 Å². The van der Waals surface area contributed by atoms with Crippen molar-refractivity contribution < 1.29 is 19.4 Å². The van der Waals surface area contributed by atoms with E-state index < -0.39 is 0 Å². The van der Waals surface area contributed by atoms with Crippen LogP contribution in [-0.4, -0.2) is 59.0 Å². The monoisotopic (exact) mass is 391 g/mol. The quantitative estimate of drug-likeness (QED) is 0.681. The van der Waals surface area contributed by atoms with Crippen LogP contribution in [0.3, 0.4) is 0 Å². The average molecular weight is 391 g/mol. The lowest BCUT2D eigenvalue weighted by Gasteiger charge is -2.27. The van der Waals surface area contributed by atoms with Crippen LogP contribution in [0, 0.1) is 21.3 Å². The lowest BCUT2D eigenvalue weighted by molar-refractivity contribution is 0.0207. The maximum Gasteiger partial charge on any atom is 0.258 e. The number of nitrogens with one attached hydrogen (secondary N) is 2. The molecule has 2 fully saturated rings. The maximum absolute atomic E-state index is 12.7. The molecule has 1 amide bonds. The first-order chi connectivity index (χ1) is 12.7. The first-order valence-corrected chi connectivity index (χ1v) is 9.32. The van der Waals surface area contributed by atoms with E-state index in [2.05, 4.69) is 27.0 Å². The molecule has 155 valence electrons. The van der Waals surface area contributed by atoms with Crippen LogP contribution in [0.5, 0.6) is 5.88 Å². The van der Waals surface area contributed by atoms with E-state index in [0.717, 1.165) is 25.7 Å². The van der Waals surface area contributed by atoms with Crippen LogP contribution in [0.2, 0.25) is 0 Å². The zero-order valence-corrected chi connectivity index (χ0v) is 16.5. The SMILES string of the molecule is CCOc1nc(NC2COC2)ncc1C(=O)N[C@@H]1[CH]CCC[C@H](O)CC1.[CH2].[CH2]. The summed E-state index contributed by atoms with van der Waals surface area (Å²) in [5.41, 5.74) is 0.318. The van der Waals surface area contributed by atoms with Gasteiger partial charge in [0.05, 0.1) is 32.0 Å². The maximum atomic E-state index is 12.7. The first-order valence-electron chi connectivity index (χ1n) is 9.32. The van der Waals surface area contributed by atoms with Crippen LogP contribution in [0.4, 0.5) is 5.95 Å². The van der Waals surface area contributed by atoms with Gasteiger partial charge in [0.25, 0.3) is 5.91 Å². The zero-order chi connectivity index (χ0) is 18.4. The molecule has 8 nitrogen and oxygen atoms in total. The smallest absolute Gasteiger partial charge is 0.258 e. The third kappa shape index (κ3) is 6.60. The van der Waals surface area contributed by atoms with Crippen molar-refractivity contribution in [2.75, 3.05) is 25.1 Å². The number of aliphatic hydroxyl groups excluding tert-OH is 1. The minimum absolute atomic E-state index is 0. The molecule has 1 aliphatic heterocycles. The van der Waals surface area contributed by atoms with Crippen molar-refractivity contribution in [3.05, 3.63) is 33.0 Å². The van der Waals surface area contributed by atoms with E-state index in [1.54, 1.807) is 0 Å². The highest BCUT2D eigenvalue weighted by Crippen LogP contribution is 2.21. The van der Waals surface area contributed by atoms with Crippen molar-refractivity contribution in [2.45, 2.75) is 57.2 Å². The molecule has 2 heterocycles. The van der Waals surface area contributed by atoms with E-state index in [9.17, 15) is 9.90 Å². The van der Waals surface area contributed by atoms with E-state index in [1.165, 1.54) is 6.20 Å². The number of hydrogen-bond donors (Lipinski definition) is 3. The molecule has 3 rings (SSSR count). The van der Waals surface area contributed by atoms with Crippen molar-refractivity contribution >= 4 is 11.9 Å². The van der Waals surface area contributed by atoms with Gasteiger partial charge in [-0.2, -0.15) is 4.98 Å². The van der Waals surface area contributed by atoms with Crippen LogP contribution >= 0.6 is 0 Å². The second kappa shape index (κ2) is 11.8. The van der Waals surface area contributed by atoms with Crippen molar-refractivity contribution in [3.8, 4) is 5.88 Å². The van der Waals surface area contributed by atoms with Gasteiger partial charge in [-0.1, -0.05) is 21.3 Å². The molecule has 3 N–H and O–H groups in total. The Balaban J connectivity index is 0.00000196. The summed E-state index contributed by atoms with van der Waals surface area (Å²) in [6.07, 6.45) is 7.35. The van der Waals surface area contributed by atoms with Gasteiger partial charge in [0, 0.05) is 12.2 Å². The third-order valence-electron chi connectivity index (χ3n) is 4.57. The fourth-order valence-corrected chi connectivity index (χ4v) is 3.02. The second-order valence-corrected chi connectivity index (χ2v) is 6.70. The molecule has 1 aromatic rings. The zero-order valence-electron chi connectivity index (χ0n) is 16.5. The number of aliphatic hydroxyl groups is 1. The summed E-state index contributed by atoms with van der Waals surface area (Å²) in [5, 5.41) is 16.0. The number of anilines is 1. The molecule has 2 aliphatic rings. The predicted molar refractivity (Wildman–Crippen MR) is 107 cm³/mol. The molecule has 0 unspecified atom stereocenters. The summed E-state index contributed by atoms with van der Waals surface area (Å²) in [5.74, 6) is 0.441. The molecule has 0 aromatic carbocycles. The van der Waals surface area contributed by atoms with Crippen LogP contribution < -0.4 is 15.4 Å². The number of aromatic nitrogens is 2. The van der Waals surface area contributed by atoms with Crippen LogP contribution in [0.15, 0.2) is 6.20 Å². The largest absolute Gasteiger partial charge is 0.477 e. The molecular weight excluding hydrogens is 360 g/mol. The average Bonchev–Trinajstić information content (AvgIpc) is 2.58. The summed E-state index contributed by atoms with van der Waals surface area (Å²) >= 11 is 0. The van der Waals surface area contributed by atoms with Crippen molar-refractivity contribution in [3.63, 3.8) is 0 Å². The number of ether oxygens (including phenoxy) is 2. The molecule has 1 aliphatic carbocycles. The van der Waals surface area contributed by atoms with Gasteiger partial charge in [-0.3, -0.25) is 4.79 Å². The molecule has 0 spiro atoms. The predicted octanol–water partition coefficient (Wildman–Crippen LogP) is 1.97. The number of amides is 1. The Morgan fingerprint density at radius 2 is 2.11 bits per heavy atom. The van der Waals surface area contributed by atoms with Crippen molar-refractivity contribution in [2.24, 2.45) is 0 Å². The summed E-state index contributed by atoms with van der Waals surface area (Å²) in [7, 11) is 0. The van der Waals surface area contributed by atoms with Crippen molar-refractivity contribution in [1.82, 2.24) is 15.3 Å². The van der Waals surface area contributed by atoms with E-state index in [1.807, 2.05) is 6.92 Å². The minimum atomic E-state index is -0.286. The lowest BCUT2D eigenvalue weighted by atomic mass is 9.95. The highest BCUT2D eigenvalue weighted by atomic mass is 16.5. The molecule has 1 saturated carbocycles. The fraction of sp³-hybridized carbons (Fsp3) is 0.600. The minimum Gasteiger partial charge on any atom is -0.477 e. The van der Waals surface area contributed by atoms with E-state index >= 15 is 0 Å². The molecular formula is C20H31N4O4. The first kappa shape index (κ1) is 24.1. The summed E-state index contributed by atoms with van der Waals surface area (Å²) in [6.45, 7) is 3.50. The Kier molecular flexibility index (Phi) is 10.2. The Hall–Kier alpha value is -1.93. The normalized spacial score (nSPS) is 22.4. The van der Waals surface area contributed by atoms with Gasteiger partial charge in [-0.05, 0) is 39.0 Å². The third-order valence-corrected chi connectivity index (χ3v) is 4.57. The van der Waals surface area contributed by atoms with Gasteiger partial charge in [0.15, 0.2) is 0 Å². The summed E-state index contributed by atoms with van der Waals surface area (Å²) in [6, 6.07) is 0.122. The molecule has 28 heavy (non-hydrogen) atoms. The summed E-state index contributed by atoms with van der Waals surface area (Å²) in [4.78, 5) is 21.3. The Morgan fingerprint density at radius 3 is 2.79 bits per heavy atom. The number of carbonyl (C=O) groups is 1. The lowest BCUT2D eigenvalue weighted by Crippen LogP contribution is -2.41. The second-order valence-electron chi connectivity index (χ2n) is 6.70. The van der Waals surface area contributed by atoms with Gasteiger partial charge in [-0.25, -0.2) is 4.98 Å². The van der Waals surface area contributed by atoms with Crippen LogP contribution in [0.25, 0.3) is 0 Å². The Labute approximate surface area is 168 Å². The number of carbonyl (C=O) groups excluding carboxylic acids is 1. The molecule has 8 heteroatoms. The molecule has 5 radical (unpaired) electrons. The van der Waals surface area contributed by atoms with Gasteiger partial charge >= 0.3 is 0 Å². The number of nitrogens with zero attached hydrogens (tertiary/aromatic N) is 2. The van der Waals surface area contributed by atoms with Gasteiger partial charge < -0.3 is 25.2 Å². The van der Waals surface area contributed by atoms with Crippen LogP contribution in [0.1, 0.15) is 49.4 Å². The standard InChI is InChI=1S/C18H27N4O4.2CH2/c1-2-26-17-15(9-19-18(22-17)21-13-10-25-11-13)16(24)20-12-5-3-4-6-14(23)8-7-12;;/h5,9,12-14,23H,2-4,6-8,10-11H2,1H3,(H,20,24)(H,19,21,22);2*1H2/t12-,14+;;/m1../s1. The van der Waals surface area contributed by atoms with Crippen LogP contribution in [-0.2, 0) is 4.74 Å². The van der Waals surface area contributed by atoms with Gasteiger partial charge in [0.2, 0.25) is 11.8 Å². The number of hydrogen-bond acceptors (Lipinski definition) is 7. The van der Waals surface area contributed by atoms with Gasteiger partial charge in [0.1, 0.15) is 5.56 Å². The summed E-state index contributed by atoms with van der Waals surface area (Å²) < 4.78 is 10.7. The Morgan fingerprint density at radius 1 is 1.32 bits per heavy atom. The molecule has 2 atom stereocenters. The van der Waals surface area contributed by atoms with Crippen molar-refractivity contribution in [1.29, 1.82) is 0 Å².